The van der Waals surface area contributed by atoms with Gasteiger partial charge in [0.25, 0.3) is 0 Å². The first-order valence-electron chi connectivity index (χ1n) is 5.70. The number of allylic oxidation sites excluding steroid dienone is 1. The van der Waals surface area contributed by atoms with E-state index in [1.807, 2.05) is 6.08 Å². The second kappa shape index (κ2) is 7.31. The van der Waals surface area contributed by atoms with Crippen LogP contribution >= 0.6 is 12.6 Å². The first-order chi connectivity index (χ1) is 7.33. The third-order valence-electron chi connectivity index (χ3n) is 2.99. The van der Waals surface area contributed by atoms with Crippen LogP contribution in [0.15, 0.2) is 12.7 Å². The highest BCUT2D eigenvalue weighted by molar-refractivity contribution is 7.80. The molecule has 0 unspecified atom stereocenters. The Balaban J connectivity index is 2.17. The zero-order valence-corrected chi connectivity index (χ0v) is 10.3. The Hall–Kier alpha value is 0.01000. The molecule has 88 valence electrons. The Kier molecular flexibility index (Phi) is 6.37. The van der Waals surface area contributed by atoms with Crippen molar-refractivity contribution in [2.24, 2.45) is 5.41 Å². The van der Waals surface area contributed by atoms with Gasteiger partial charge in [0.05, 0.1) is 6.61 Å². The summed E-state index contributed by atoms with van der Waals surface area (Å²) in [4.78, 5) is 0. The zero-order chi connectivity index (χ0) is 11.0. The summed E-state index contributed by atoms with van der Waals surface area (Å²) < 4.78 is 11.1. The van der Waals surface area contributed by atoms with Crippen molar-refractivity contribution in [2.75, 3.05) is 32.2 Å². The molecule has 0 spiro atoms. The summed E-state index contributed by atoms with van der Waals surface area (Å²) in [7, 11) is 0. The summed E-state index contributed by atoms with van der Waals surface area (Å²) in [6, 6.07) is 0. The molecule has 0 N–H and O–H groups in total. The molecule has 1 heterocycles. The topological polar surface area (TPSA) is 18.5 Å². The van der Waals surface area contributed by atoms with E-state index in [1.165, 1.54) is 0 Å². The molecule has 2 nitrogen and oxygen atoms in total. The van der Waals surface area contributed by atoms with Gasteiger partial charge < -0.3 is 9.47 Å². The number of ether oxygens (including phenoxy) is 2. The van der Waals surface area contributed by atoms with Crippen molar-refractivity contribution < 1.29 is 9.47 Å². The van der Waals surface area contributed by atoms with Crippen molar-refractivity contribution in [3.63, 3.8) is 0 Å². The van der Waals surface area contributed by atoms with E-state index in [0.29, 0.717) is 0 Å². The van der Waals surface area contributed by atoms with Gasteiger partial charge in [0, 0.05) is 25.2 Å². The molecule has 0 amide bonds. The van der Waals surface area contributed by atoms with Crippen molar-refractivity contribution >= 4 is 12.6 Å². The number of hydrogen-bond donors (Lipinski definition) is 1. The fourth-order valence-corrected chi connectivity index (χ4v) is 2.18. The maximum atomic E-state index is 5.72. The molecule has 0 aliphatic carbocycles. The first-order valence-corrected chi connectivity index (χ1v) is 6.33. The van der Waals surface area contributed by atoms with Crippen LogP contribution in [-0.2, 0) is 9.47 Å². The van der Waals surface area contributed by atoms with E-state index in [2.05, 4.69) is 19.2 Å². The van der Waals surface area contributed by atoms with Crippen molar-refractivity contribution in [1.29, 1.82) is 0 Å². The predicted molar refractivity (Wildman–Crippen MR) is 66.6 cm³/mol. The lowest BCUT2D eigenvalue weighted by atomic mass is 9.83. The van der Waals surface area contributed by atoms with Crippen molar-refractivity contribution in [2.45, 2.75) is 25.7 Å². The summed E-state index contributed by atoms with van der Waals surface area (Å²) in [5.41, 5.74) is 0.259. The Labute approximate surface area is 98.4 Å². The van der Waals surface area contributed by atoms with E-state index in [1.54, 1.807) is 0 Å². The Bertz CT molecular complexity index is 176. The maximum Gasteiger partial charge on any atom is 0.0531 e. The molecular weight excluding hydrogens is 208 g/mol. The summed E-state index contributed by atoms with van der Waals surface area (Å²) in [5, 5.41) is 0. The minimum atomic E-state index is 0.259. The summed E-state index contributed by atoms with van der Waals surface area (Å²) >= 11 is 4.44. The van der Waals surface area contributed by atoms with Crippen LogP contribution in [0.3, 0.4) is 0 Å². The van der Waals surface area contributed by atoms with Crippen LogP contribution in [0.5, 0.6) is 0 Å². The quantitative estimate of drug-likeness (QED) is 0.412. The SMILES string of the molecule is C=CCCCOCC1(CS)CCOCC1. The summed E-state index contributed by atoms with van der Waals surface area (Å²) in [5.74, 6) is 0.901. The van der Waals surface area contributed by atoms with Crippen LogP contribution in [0, 0.1) is 5.41 Å². The molecule has 0 atom stereocenters. The maximum absolute atomic E-state index is 5.72. The first kappa shape index (κ1) is 13.1. The van der Waals surface area contributed by atoms with E-state index in [9.17, 15) is 0 Å². The Morgan fingerprint density at radius 1 is 1.40 bits per heavy atom. The predicted octanol–water partition coefficient (Wildman–Crippen LogP) is 2.70. The molecule has 1 aliphatic heterocycles. The van der Waals surface area contributed by atoms with Crippen molar-refractivity contribution in [1.82, 2.24) is 0 Å². The third kappa shape index (κ3) is 4.58. The molecule has 0 radical (unpaired) electrons. The molecule has 0 saturated carbocycles. The summed E-state index contributed by atoms with van der Waals surface area (Å²) in [6.45, 7) is 7.08. The van der Waals surface area contributed by atoms with Gasteiger partial charge in [-0.2, -0.15) is 12.6 Å². The minimum Gasteiger partial charge on any atom is -0.381 e. The number of rotatable bonds is 7. The number of unbranched alkanes of at least 4 members (excludes halogenated alkanes) is 1. The van der Waals surface area contributed by atoms with Crippen LogP contribution < -0.4 is 0 Å². The second-order valence-electron chi connectivity index (χ2n) is 4.25. The molecular formula is C12H22O2S. The standard InChI is InChI=1S/C12H22O2S/c1-2-3-4-7-14-10-12(11-15)5-8-13-9-6-12/h2,15H,1,3-11H2. The molecule has 1 fully saturated rings. The molecule has 15 heavy (non-hydrogen) atoms. The molecule has 3 heteroatoms. The van der Waals surface area contributed by atoms with E-state index in [-0.39, 0.29) is 5.41 Å². The van der Waals surface area contributed by atoms with Crippen LogP contribution in [0.2, 0.25) is 0 Å². The van der Waals surface area contributed by atoms with Gasteiger partial charge in [0.1, 0.15) is 0 Å². The van der Waals surface area contributed by atoms with Crippen LogP contribution in [0.1, 0.15) is 25.7 Å². The summed E-state index contributed by atoms with van der Waals surface area (Å²) in [6.07, 6.45) is 6.21. The van der Waals surface area contributed by atoms with Crippen LogP contribution in [0.4, 0.5) is 0 Å². The van der Waals surface area contributed by atoms with Crippen molar-refractivity contribution in [3.05, 3.63) is 12.7 Å². The monoisotopic (exact) mass is 230 g/mol. The fourth-order valence-electron chi connectivity index (χ4n) is 1.77. The van der Waals surface area contributed by atoms with Crippen LogP contribution in [-0.4, -0.2) is 32.2 Å². The van der Waals surface area contributed by atoms with Gasteiger partial charge in [-0.15, -0.1) is 6.58 Å². The molecule has 0 bridgehead atoms. The van der Waals surface area contributed by atoms with E-state index < -0.39 is 0 Å². The molecule has 0 aromatic carbocycles. The van der Waals surface area contributed by atoms with E-state index in [0.717, 1.165) is 57.9 Å². The highest BCUT2D eigenvalue weighted by Gasteiger charge is 2.31. The highest BCUT2D eigenvalue weighted by atomic mass is 32.1. The third-order valence-corrected chi connectivity index (χ3v) is 3.66. The zero-order valence-electron chi connectivity index (χ0n) is 9.41. The van der Waals surface area contributed by atoms with Gasteiger partial charge in [0.15, 0.2) is 0 Å². The lowest BCUT2D eigenvalue weighted by molar-refractivity contribution is -0.0272. The van der Waals surface area contributed by atoms with E-state index in [4.69, 9.17) is 9.47 Å². The van der Waals surface area contributed by atoms with Gasteiger partial charge in [0.2, 0.25) is 0 Å². The fraction of sp³-hybridized carbons (Fsp3) is 0.833. The normalized spacial score (nSPS) is 20.1. The number of thiol groups is 1. The lowest BCUT2D eigenvalue weighted by Gasteiger charge is -2.35. The number of hydrogen-bond acceptors (Lipinski definition) is 3. The average molecular weight is 230 g/mol. The molecule has 0 aromatic rings. The molecule has 1 rings (SSSR count). The van der Waals surface area contributed by atoms with Gasteiger partial charge in [-0.05, 0) is 31.4 Å². The van der Waals surface area contributed by atoms with Gasteiger partial charge in [-0.3, -0.25) is 0 Å². The Morgan fingerprint density at radius 2 is 2.13 bits per heavy atom. The van der Waals surface area contributed by atoms with Gasteiger partial charge in [-0.25, -0.2) is 0 Å². The van der Waals surface area contributed by atoms with E-state index >= 15 is 0 Å². The molecule has 1 aliphatic rings. The minimum absolute atomic E-state index is 0.259. The average Bonchev–Trinajstić information content (AvgIpc) is 2.30. The van der Waals surface area contributed by atoms with Crippen molar-refractivity contribution in [3.8, 4) is 0 Å². The largest absolute Gasteiger partial charge is 0.381 e. The second-order valence-corrected chi connectivity index (χ2v) is 4.57. The smallest absolute Gasteiger partial charge is 0.0531 e. The highest BCUT2D eigenvalue weighted by Crippen LogP contribution is 2.31. The van der Waals surface area contributed by atoms with Gasteiger partial charge in [-0.1, -0.05) is 6.08 Å². The molecule has 1 saturated heterocycles. The van der Waals surface area contributed by atoms with Gasteiger partial charge >= 0.3 is 0 Å². The Morgan fingerprint density at radius 3 is 2.73 bits per heavy atom. The molecule has 0 aromatic heterocycles. The lowest BCUT2D eigenvalue weighted by Crippen LogP contribution is -2.35. The van der Waals surface area contributed by atoms with Crippen LogP contribution in [0.25, 0.3) is 0 Å².